The average Bonchev–Trinajstić information content (AvgIpc) is 2.78. The molecule has 0 amide bonds. The molecule has 0 aliphatic heterocycles. The van der Waals surface area contributed by atoms with Crippen molar-refractivity contribution in [2.75, 3.05) is 12.4 Å². The Kier molecular flexibility index (Phi) is 6.39. The summed E-state index contributed by atoms with van der Waals surface area (Å²) in [6, 6.07) is 24.1. The Morgan fingerprint density at radius 3 is 1.97 bits per heavy atom. The number of halogens is 1. The molecule has 3 aromatic carbocycles. The summed E-state index contributed by atoms with van der Waals surface area (Å²) in [6.45, 7) is 0. The van der Waals surface area contributed by atoms with Crippen LogP contribution in [0.3, 0.4) is 0 Å². The number of carbonyl (C=O) groups is 2. The number of rotatable bonds is 8. The molecule has 0 heterocycles. The topological polar surface area (TPSA) is 55.4 Å². The maximum atomic E-state index is 16.6. The van der Waals surface area contributed by atoms with Gasteiger partial charge in [-0.3, -0.25) is 4.79 Å². The van der Waals surface area contributed by atoms with E-state index in [2.05, 4.69) is 5.32 Å². The van der Waals surface area contributed by atoms with Crippen LogP contribution >= 0.6 is 0 Å². The van der Waals surface area contributed by atoms with E-state index in [1.807, 2.05) is 6.07 Å². The van der Waals surface area contributed by atoms with Crippen LogP contribution < -0.4 is 5.32 Å². The molecule has 3 aromatic rings. The van der Waals surface area contributed by atoms with E-state index in [1.54, 1.807) is 84.9 Å². The molecule has 29 heavy (non-hydrogen) atoms. The van der Waals surface area contributed by atoms with Gasteiger partial charge in [0.25, 0.3) is 0 Å². The van der Waals surface area contributed by atoms with Gasteiger partial charge in [0.05, 0.1) is 7.11 Å². The molecular formula is C24H22FNO3. The van der Waals surface area contributed by atoms with Crippen molar-refractivity contribution in [2.24, 2.45) is 0 Å². The molecular weight excluding hydrogens is 369 g/mol. The number of carbonyl (C=O) groups excluding carboxylic acids is 2. The average molecular weight is 391 g/mol. The zero-order chi connectivity index (χ0) is 20.7. The van der Waals surface area contributed by atoms with Gasteiger partial charge < -0.3 is 10.1 Å². The van der Waals surface area contributed by atoms with Crippen molar-refractivity contribution in [3.63, 3.8) is 0 Å². The van der Waals surface area contributed by atoms with Crippen LogP contribution in [0.25, 0.3) is 0 Å². The molecule has 2 atom stereocenters. The molecule has 0 saturated carbocycles. The summed E-state index contributed by atoms with van der Waals surface area (Å²) in [7, 11) is 1.18. The number of alkyl halides is 1. The molecule has 148 valence electrons. The van der Waals surface area contributed by atoms with E-state index in [1.165, 1.54) is 7.11 Å². The Morgan fingerprint density at radius 1 is 0.897 bits per heavy atom. The van der Waals surface area contributed by atoms with Crippen LogP contribution in [0, 0.1) is 0 Å². The third-order valence-electron chi connectivity index (χ3n) is 4.70. The summed E-state index contributed by atoms with van der Waals surface area (Å²) in [5.41, 5.74) is -1.26. The number of ether oxygens (including phenoxy) is 1. The number of methoxy groups -OCH3 is 1. The highest BCUT2D eigenvalue weighted by atomic mass is 19.1. The number of ketones is 1. The first-order valence-corrected chi connectivity index (χ1v) is 9.26. The molecule has 0 aromatic heterocycles. The lowest BCUT2D eigenvalue weighted by Crippen LogP contribution is -2.55. The maximum absolute atomic E-state index is 16.6. The quantitative estimate of drug-likeness (QED) is 0.455. The summed E-state index contributed by atoms with van der Waals surface area (Å²) in [5, 5.41) is 2.87. The number of Topliss-reactive ketones (excluding diaryl/α,β-unsaturated/α-hetero) is 1. The standard InChI is InChI=1S/C24H22FNO3/c1-29-23(28)21(26-20-15-9-4-10-16-20)24(25,17-18-11-5-2-6-12-18)22(27)19-13-7-3-8-14-19/h2-16,21,26H,17H2,1H3/t21-,24+/m0/s1. The number of anilines is 1. The van der Waals surface area contributed by atoms with Crippen LogP contribution in [0.2, 0.25) is 0 Å². The number of esters is 1. The number of para-hydroxylation sites is 1. The van der Waals surface area contributed by atoms with Crippen molar-refractivity contribution in [3.05, 3.63) is 102 Å². The first-order chi connectivity index (χ1) is 14.0. The first kappa shape index (κ1) is 20.3. The second kappa shape index (κ2) is 9.15. The molecule has 0 saturated heterocycles. The van der Waals surface area contributed by atoms with Gasteiger partial charge in [-0.15, -0.1) is 0 Å². The van der Waals surface area contributed by atoms with Gasteiger partial charge in [0, 0.05) is 17.7 Å². The van der Waals surface area contributed by atoms with Crippen LogP contribution in [0.1, 0.15) is 15.9 Å². The highest BCUT2D eigenvalue weighted by Crippen LogP contribution is 2.30. The van der Waals surface area contributed by atoms with Gasteiger partial charge in [-0.2, -0.15) is 0 Å². The SMILES string of the molecule is COC(=O)[C@H](Nc1ccccc1)[C@](F)(Cc1ccccc1)C(=O)c1ccccc1. The normalized spacial score (nSPS) is 13.7. The highest BCUT2D eigenvalue weighted by molar-refractivity contribution is 6.06. The minimum Gasteiger partial charge on any atom is -0.467 e. The third-order valence-corrected chi connectivity index (χ3v) is 4.70. The van der Waals surface area contributed by atoms with Gasteiger partial charge in [-0.05, 0) is 17.7 Å². The Bertz CT molecular complexity index is 948. The Balaban J connectivity index is 2.07. The van der Waals surface area contributed by atoms with E-state index in [0.717, 1.165) is 0 Å². The van der Waals surface area contributed by atoms with Crippen molar-refractivity contribution < 1.29 is 18.7 Å². The van der Waals surface area contributed by atoms with Crippen LogP contribution in [0.15, 0.2) is 91.0 Å². The zero-order valence-corrected chi connectivity index (χ0v) is 16.0. The van der Waals surface area contributed by atoms with Crippen LogP contribution in [-0.4, -0.2) is 30.6 Å². The van der Waals surface area contributed by atoms with Gasteiger partial charge in [0.1, 0.15) is 0 Å². The molecule has 0 aliphatic carbocycles. The maximum Gasteiger partial charge on any atom is 0.332 e. The van der Waals surface area contributed by atoms with Crippen molar-refractivity contribution in [2.45, 2.75) is 18.1 Å². The molecule has 0 fully saturated rings. The van der Waals surface area contributed by atoms with E-state index < -0.39 is 23.5 Å². The summed E-state index contributed by atoms with van der Waals surface area (Å²) < 4.78 is 21.5. The van der Waals surface area contributed by atoms with Gasteiger partial charge in [0.15, 0.2) is 6.04 Å². The number of hydrogen-bond acceptors (Lipinski definition) is 4. The summed E-state index contributed by atoms with van der Waals surface area (Å²) in [5.74, 6) is -1.63. The second-order valence-electron chi connectivity index (χ2n) is 6.69. The van der Waals surface area contributed by atoms with Crippen molar-refractivity contribution in [1.29, 1.82) is 0 Å². The van der Waals surface area contributed by atoms with E-state index >= 15 is 4.39 Å². The molecule has 0 spiro atoms. The van der Waals surface area contributed by atoms with Crippen molar-refractivity contribution in [1.82, 2.24) is 0 Å². The predicted molar refractivity (Wildman–Crippen MR) is 111 cm³/mol. The van der Waals surface area contributed by atoms with Crippen LogP contribution in [0.5, 0.6) is 0 Å². The minimum absolute atomic E-state index is 0.190. The first-order valence-electron chi connectivity index (χ1n) is 9.26. The summed E-state index contributed by atoms with van der Waals surface area (Å²) in [6.07, 6.45) is -0.277. The Hall–Kier alpha value is -3.47. The molecule has 0 radical (unpaired) electrons. The fraction of sp³-hybridized carbons (Fsp3) is 0.167. The molecule has 1 N–H and O–H groups in total. The van der Waals surface area contributed by atoms with Gasteiger partial charge in [-0.1, -0.05) is 78.9 Å². The zero-order valence-electron chi connectivity index (χ0n) is 16.0. The molecule has 5 heteroatoms. The Labute approximate surface area is 169 Å². The minimum atomic E-state index is -2.56. The third kappa shape index (κ3) is 4.69. The molecule has 0 bridgehead atoms. The Morgan fingerprint density at radius 2 is 1.41 bits per heavy atom. The van der Waals surface area contributed by atoms with E-state index in [4.69, 9.17) is 4.74 Å². The van der Waals surface area contributed by atoms with Crippen molar-refractivity contribution in [3.8, 4) is 0 Å². The number of hydrogen-bond donors (Lipinski definition) is 1. The number of benzene rings is 3. The fourth-order valence-corrected chi connectivity index (χ4v) is 3.21. The summed E-state index contributed by atoms with van der Waals surface area (Å²) in [4.78, 5) is 25.9. The van der Waals surface area contributed by atoms with Crippen LogP contribution in [0.4, 0.5) is 10.1 Å². The monoisotopic (exact) mass is 391 g/mol. The van der Waals surface area contributed by atoms with Crippen molar-refractivity contribution >= 4 is 17.4 Å². The molecule has 3 rings (SSSR count). The largest absolute Gasteiger partial charge is 0.467 e. The molecule has 0 aliphatic rings. The second-order valence-corrected chi connectivity index (χ2v) is 6.69. The smallest absolute Gasteiger partial charge is 0.332 e. The lowest BCUT2D eigenvalue weighted by Gasteiger charge is -2.32. The molecule has 4 nitrogen and oxygen atoms in total. The van der Waals surface area contributed by atoms with Crippen LogP contribution in [-0.2, 0) is 16.0 Å². The van der Waals surface area contributed by atoms with Gasteiger partial charge >= 0.3 is 5.97 Å². The van der Waals surface area contributed by atoms with Gasteiger partial charge in [-0.25, -0.2) is 9.18 Å². The fourth-order valence-electron chi connectivity index (χ4n) is 3.21. The predicted octanol–water partition coefficient (Wildman–Crippen LogP) is 4.47. The lowest BCUT2D eigenvalue weighted by molar-refractivity contribution is -0.144. The van der Waals surface area contributed by atoms with Gasteiger partial charge in [0.2, 0.25) is 11.5 Å². The highest BCUT2D eigenvalue weighted by Gasteiger charge is 2.51. The van der Waals surface area contributed by atoms with E-state index in [0.29, 0.717) is 11.3 Å². The summed E-state index contributed by atoms with van der Waals surface area (Å²) >= 11 is 0. The lowest BCUT2D eigenvalue weighted by atomic mass is 9.82. The van der Waals surface area contributed by atoms with E-state index in [-0.39, 0.29) is 12.0 Å². The number of nitrogens with one attached hydrogen (secondary N) is 1. The molecule has 0 unspecified atom stereocenters. The van der Waals surface area contributed by atoms with E-state index in [9.17, 15) is 9.59 Å².